The monoisotopic (exact) mass is 286 g/mol. The van der Waals surface area contributed by atoms with E-state index < -0.39 is 0 Å². The van der Waals surface area contributed by atoms with Crippen molar-refractivity contribution in [2.45, 2.75) is 26.4 Å². The number of ether oxygens (including phenoxy) is 2. The highest BCUT2D eigenvalue weighted by molar-refractivity contribution is 9.10. The Kier molecular flexibility index (Phi) is 3.40. The maximum atomic E-state index is 9.38. The fourth-order valence-corrected chi connectivity index (χ4v) is 2.57. The Morgan fingerprint density at radius 3 is 2.50 bits per heavy atom. The third-order valence-electron chi connectivity index (χ3n) is 2.64. The smallest absolute Gasteiger partial charge is 0.175 e. The van der Waals surface area contributed by atoms with Crippen molar-refractivity contribution in [1.29, 1.82) is 0 Å². The summed E-state index contributed by atoms with van der Waals surface area (Å²) in [7, 11) is 0. The molecule has 4 heteroatoms. The van der Waals surface area contributed by atoms with Gasteiger partial charge in [0.25, 0.3) is 0 Å². The van der Waals surface area contributed by atoms with Crippen molar-refractivity contribution in [3.05, 3.63) is 21.7 Å². The molecule has 0 bridgehead atoms. The quantitative estimate of drug-likeness (QED) is 0.909. The minimum Gasteiger partial charge on any atom is -0.486 e. The van der Waals surface area contributed by atoms with E-state index in [1.165, 1.54) is 0 Å². The average molecular weight is 287 g/mol. The fraction of sp³-hybridized carbons (Fsp3) is 0.500. The Labute approximate surface area is 104 Å². The zero-order chi connectivity index (χ0) is 11.7. The summed E-state index contributed by atoms with van der Waals surface area (Å²) in [5.41, 5.74) is 1.94. The lowest BCUT2D eigenvalue weighted by Crippen LogP contribution is -2.18. The third-order valence-corrected chi connectivity index (χ3v) is 3.23. The summed E-state index contributed by atoms with van der Waals surface area (Å²) in [6.45, 7) is 5.32. The van der Waals surface area contributed by atoms with Crippen LogP contribution in [0.4, 0.5) is 0 Å². The first-order valence-corrected chi connectivity index (χ1v) is 6.16. The SMILES string of the molecule is CC(C)c1c(CO)cc(Br)c2c1OCCO2. The van der Waals surface area contributed by atoms with E-state index in [0.717, 1.165) is 27.1 Å². The number of halogens is 1. The van der Waals surface area contributed by atoms with Gasteiger partial charge < -0.3 is 14.6 Å². The van der Waals surface area contributed by atoms with Crippen LogP contribution in [0.2, 0.25) is 0 Å². The molecule has 1 heterocycles. The van der Waals surface area contributed by atoms with E-state index in [0.29, 0.717) is 19.1 Å². The molecule has 0 radical (unpaired) electrons. The second-order valence-electron chi connectivity index (χ2n) is 4.10. The second kappa shape index (κ2) is 4.63. The molecule has 1 N–H and O–H groups in total. The normalized spacial score (nSPS) is 14.3. The summed E-state index contributed by atoms with van der Waals surface area (Å²) < 4.78 is 12.1. The molecule has 3 nitrogen and oxygen atoms in total. The van der Waals surface area contributed by atoms with Gasteiger partial charge in [-0.25, -0.2) is 0 Å². The molecular weight excluding hydrogens is 272 g/mol. The van der Waals surface area contributed by atoms with Crippen LogP contribution in [-0.4, -0.2) is 18.3 Å². The summed E-state index contributed by atoms with van der Waals surface area (Å²) in [5.74, 6) is 1.83. The van der Waals surface area contributed by atoms with Crippen molar-refractivity contribution < 1.29 is 14.6 Å². The molecule has 0 fully saturated rings. The van der Waals surface area contributed by atoms with Crippen LogP contribution in [0.1, 0.15) is 30.9 Å². The van der Waals surface area contributed by atoms with Gasteiger partial charge in [0.2, 0.25) is 0 Å². The van der Waals surface area contributed by atoms with Crippen LogP contribution in [0.5, 0.6) is 11.5 Å². The zero-order valence-electron chi connectivity index (χ0n) is 9.42. The van der Waals surface area contributed by atoms with Crippen molar-refractivity contribution in [3.63, 3.8) is 0 Å². The highest BCUT2D eigenvalue weighted by Gasteiger charge is 2.23. The molecule has 1 aromatic rings. The summed E-state index contributed by atoms with van der Waals surface area (Å²) in [5, 5.41) is 9.38. The molecule has 16 heavy (non-hydrogen) atoms. The number of aliphatic hydroxyl groups is 1. The van der Waals surface area contributed by atoms with Gasteiger partial charge in [0.1, 0.15) is 13.2 Å². The summed E-state index contributed by atoms with van der Waals surface area (Å²) in [6.07, 6.45) is 0. The van der Waals surface area contributed by atoms with Crippen molar-refractivity contribution in [3.8, 4) is 11.5 Å². The molecule has 0 unspecified atom stereocenters. The molecule has 0 amide bonds. The third kappa shape index (κ3) is 1.92. The summed E-state index contributed by atoms with van der Waals surface area (Å²) >= 11 is 3.44. The van der Waals surface area contributed by atoms with E-state index in [2.05, 4.69) is 29.8 Å². The molecule has 0 aliphatic carbocycles. The Morgan fingerprint density at radius 1 is 1.31 bits per heavy atom. The Morgan fingerprint density at radius 2 is 1.94 bits per heavy atom. The van der Waals surface area contributed by atoms with E-state index in [1.54, 1.807) is 0 Å². The van der Waals surface area contributed by atoms with Crippen LogP contribution in [0.3, 0.4) is 0 Å². The first kappa shape index (κ1) is 11.7. The Hall–Kier alpha value is -0.740. The first-order chi connectivity index (χ1) is 7.65. The number of benzene rings is 1. The van der Waals surface area contributed by atoms with Gasteiger partial charge in [0.15, 0.2) is 11.5 Å². The van der Waals surface area contributed by atoms with Crippen molar-refractivity contribution >= 4 is 15.9 Å². The largest absolute Gasteiger partial charge is 0.486 e. The first-order valence-electron chi connectivity index (χ1n) is 5.37. The maximum absolute atomic E-state index is 9.38. The molecule has 88 valence electrons. The van der Waals surface area contributed by atoms with Crippen LogP contribution < -0.4 is 9.47 Å². The van der Waals surface area contributed by atoms with Gasteiger partial charge in [-0.1, -0.05) is 13.8 Å². The molecule has 0 saturated carbocycles. The van der Waals surface area contributed by atoms with Crippen LogP contribution in [-0.2, 0) is 6.61 Å². The number of hydrogen-bond donors (Lipinski definition) is 1. The van der Waals surface area contributed by atoms with Gasteiger partial charge >= 0.3 is 0 Å². The summed E-state index contributed by atoms with van der Waals surface area (Å²) in [6, 6.07) is 1.91. The van der Waals surface area contributed by atoms with Crippen LogP contribution in [0.25, 0.3) is 0 Å². The lowest BCUT2D eigenvalue weighted by atomic mass is 9.95. The Bertz CT molecular complexity index is 402. The highest BCUT2D eigenvalue weighted by Crippen LogP contribution is 2.44. The van der Waals surface area contributed by atoms with Crippen molar-refractivity contribution in [2.24, 2.45) is 0 Å². The van der Waals surface area contributed by atoms with Crippen LogP contribution in [0.15, 0.2) is 10.5 Å². The zero-order valence-corrected chi connectivity index (χ0v) is 11.0. The molecule has 0 saturated heterocycles. The van der Waals surface area contributed by atoms with Gasteiger partial charge in [-0.2, -0.15) is 0 Å². The second-order valence-corrected chi connectivity index (χ2v) is 4.95. The molecular formula is C12H15BrO3. The van der Waals surface area contributed by atoms with E-state index >= 15 is 0 Å². The molecule has 1 aliphatic heterocycles. The minimum atomic E-state index is 0.0166. The standard InChI is InChI=1S/C12H15BrO3/c1-7(2)10-8(6-14)5-9(13)11-12(10)16-4-3-15-11/h5,7,14H,3-4,6H2,1-2H3. The fourth-order valence-electron chi connectivity index (χ4n) is 2.00. The molecule has 0 spiro atoms. The molecule has 0 aromatic heterocycles. The minimum absolute atomic E-state index is 0.0166. The molecule has 1 aliphatic rings. The summed E-state index contributed by atoms with van der Waals surface area (Å²) in [4.78, 5) is 0. The highest BCUT2D eigenvalue weighted by atomic mass is 79.9. The number of aliphatic hydroxyl groups excluding tert-OH is 1. The molecule has 2 rings (SSSR count). The van der Waals surface area contributed by atoms with Gasteiger partial charge in [-0.3, -0.25) is 0 Å². The van der Waals surface area contributed by atoms with E-state index in [9.17, 15) is 5.11 Å². The van der Waals surface area contributed by atoms with Crippen molar-refractivity contribution in [1.82, 2.24) is 0 Å². The predicted octanol–water partition coefficient (Wildman–Crippen LogP) is 2.84. The van der Waals surface area contributed by atoms with Crippen LogP contribution in [0, 0.1) is 0 Å². The number of hydrogen-bond acceptors (Lipinski definition) is 3. The molecule has 0 atom stereocenters. The lowest BCUT2D eigenvalue weighted by molar-refractivity contribution is 0.167. The van der Waals surface area contributed by atoms with Gasteiger partial charge in [-0.05, 0) is 33.5 Å². The van der Waals surface area contributed by atoms with Gasteiger partial charge in [0, 0.05) is 5.56 Å². The maximum Gasteiger partial charge on any atom is 0.175 e. The number of rotatable bonds is 2. The number of fused-ring (bicyclic) bond motifs is 1. The van der Waals surface area contributed by atoms with Crippen LogP contribution >= 0.6 is 15.9 Å². The predicted molar refractivity (Wildman–Crippen MR) is 65.1 cm³/mol. The van der Waals surface area contributed by atoms with Crippen molar-refractivity contribution in [2.75, 3.05) is 13.2 Å². The topological polar surface area (TPSA) is 38.7 Å². The lowest BCUT2D eigenvalue weighted by Gasteiger charge is -2.25. The average Bonchev–Trinajstić information content (AvgIpc) is 2.28. The Balaban J connectivity index is 2.63. The van der Waals surface area contributed by atoms with E-state index in [-0.39, 0.29) is 6.61 Å². The van der Waals surface area contributed by atoms with Gasteiger partial charge in [0.05, 0.1) is 11.1 Å². The van der Waals surface area contributed by atoms with E-state index in [1.807, 2.05) is 6.07 Å². The van der Waals surface area contributed by atoms with E-state index in [4.69, 9.17) is 9.47 Å². The molecule has 1 aromatic carbocycles. The van der Waals surface area contributed by atoms with Gasteiger partial charge in [-0.15, -0.1) is 0 Å².